The molecule has 0 saturated carbocycles. The monoisotopic (exact) mass is 267 g/mol. The third kappa shape index (κ3) is 3.99. The zero-order chi connectivity index (χ0) is 14.2. The maximum absolute atomic E-state index is 11.9. The van der Waals surface area contributed by atoms with Gasteiger partial charge in [0.25, 0.3) is 0 Å². The van der Waals surface area contributed by atoms with E-state index in [0.717, 1.165) is 11.3 Å². The van der Waals surface area contributed by atoms with Gasteiger partial charge in [0, 0.05) is 12.7 Å². The zero-order valence-corrected chi connectivity index (χ0v) is 11.4. The van der Waals surface area contributed by atoms with Crippen LogP contribution in [0.5, 0.6) is 0 Å². The molecule has 2 rings (SSSR count). The van der Waals surface area contributed by atoms with Gasteiger partial charge in [-0.3, -0.25) is 0 Å². The molecule has 0 fully saturated rings. The summed E-state index contributed by atoms with van der Waals surface area (Å²) in [4.78, 5) is 11.9. The van der Waals surface area contributed by atoms with E-state index in [1.54, 1.807) is 12.2 Å². The number of rotatable bonds is 4. The van der Waals surface area contributed by atoms with Crippen molar-refractivity contribution in [1.82, 2.24) is 0 Å². The summed E-state index contributed by atoms with van der Waals surface area (Å²) < 4.78 is 5.30. The number of hydrogen-bond donors (Lipinski definition) is 1. The van der Waals surface area contributed by atoms with E-state index in [1.807, 2.05) is 61.7 Å². The number of esters is 1. The summed E-state index contributed by atoms with van der Waals surface area (Å²) in [6.07, 6.45) is 12.8. The summed E-state index contributed by atoms with van der Waals surface area (Å²) >= 11 is 0. The summed E-state index contributed by atoms with van der Waals surface area (Å²) in [7, 11) is 1.87. The van der Waals surface area contributed by atoms with Crippen LogP contribution in [0.1, 0.15) is 5.56 Å². The molecular weight excluding hydrogens is 250 g/mol. The van der Waals surface area contributed by atoms with E-state index in [2.05, 4.69) is 5.32 Å². The smallest absolute Gasteiger partial charge is 0.338 e. The highest BCUT2D eigenvalue weighted by atomic mass is 16.5. The van der Waals surface area contributed by atoms with Crippen LogP contribution in [-0.4, -0.2) is 13.0 Å². The highest BCUT2D eigenvalue weighted by Gasteiger charge is 2.07. The Morgan fingerprint density at radius 3 is 2.50 bits per heavy atom. The first-order valence-electron chi connectivity index (χ1n) is 6.45. The Labute approximate surface area is 119 Å². The highest BCUT2D eigenvalue weighted by molar-refractivity contribution is 5.92. The molecule has 0 heterocycles. The number of nitrogens with one attached hydrogen (secondary N) is 1. The minimum Gasteiger partial charge on any atom is -0.457 e. The van der Waals surface area contributed by atoms with E-state index in [0.29, 0.717) is 5.57 Å². The Balaban J connectivity index is 1.94. The third-order valence-corrected chi connectivity index (χ3v) is 2.84. The lowest BCUT2D eigenvalue weighted by Crippen LogP contribution is -2.06. The van der Waals surface area contributed by atoms with Crippen LogP contribution in [0.2, 0.25) is 0 Å². The van der Waals surface area contributed by atoms with Crippen LogP contribution >= 0.6 is 0 Å². The van der Waals surface area contributed by atoms with Crippen molar-refractivity contribution >= 4 is 11.7 Å². The van der Waals surface area contributed by atoms with Crippen LogP contribution in [0.15, 0.2) is 72.4 Å². The lowest BCUT2D eigenvalue weighted by molar-refractivity contribution is -0.139. The molecule has 102 valence electrons. The van der Waals surface area contributed by atoms with Crippen LogP contribution in [0.3, 0.4) is 0 Å². The fraction of sp³-hybridized carbons (Fsp3) is 0.118. The maximum atomic E-state index is 11.9. The van der Waals surface area contributed by atoms with Crippen LogP contribution in [0.25, 0.3) is 0 Å². The molecule has 1 aliphatic carbocycles. The zero-order valence-electron chi connectivity index (χ0n) is 11.4. The standard InChI is InChI=1S/C17H17NO2/c1-18-16-11-9-14(10-12-16)13-20-17(19)15-7-5-3-2-4-6-8-15/h2-12,18H,13H2,1H3/b3-2-,4-2?,5-3?,6-4-,7-5?,8-6?,15-7?,15-8?. The van der Waals surface area contributed by atoms with Gasteiger partial charge in [0.05, 0.1) is 5.57 Å². The second-order valence-electron chi connectivity index (χ2n) is 4.27. The molecule has 3 nitrogen and oxygen atoms in total. The summed E-state index contributed by atoms with van der Waals surface area (Å²) in [5, 5.41) is 3.04. The molecule has 0 aromatic heterocycles. The lowest BCUT2D eigenvalue weighted by atomic mass is 10.2. The molecule has 0 unspecified atom stereocenters. The molecule has 0 atom stereocenters. The van der Waals surface area contributed by atoms with Gasteiger partial charge in [-0.2, -0.15) is 0 Å². The number of carbonyl (C=O) groups excluding carboxylic acids is 1. The van der Waals surface area contributed by atoms with Gasteiger partial charge in [0.2, 0.25) is 0 Å². The van der Waals surface area contributed by atoms with Crippen molar-refractivity contribution in [3.05, 3.63) is 77.9 Å². The van der Waals surface area contributed by atoms with Gasteiger partial charge in [0.15, 0.2) is 0 Å². The van der Waals surface area contributed by atoms with E-state index in [-0.39, 0.29) is 12.6 Å². The highest BCUT2D eigenvalue weighted by Crippen LogP contribution is 2.11. The molecule has 1 aromatic rings. The van der Waals surface area contributed by atoms with Gasteiger partial charge in [-0.05, 0) is 29.8 Å². The predicted molar refractivity (Wildman–Crippen MR) is 81.3 cm³/mol. The number of hydrogen-bond acceptors (Lipinski definition) is 3. The average Bonchev–Trinajstić information content (AvgIpc) is 2.45. The van der Waals surface area contributed by atoms with E-state index in [4.69, 9.17) is 4.74 Å². The molecule has 1 N–H and O–H groups in total. The molecule has 0 aliphatic heterocycles. The topological polar surface area (TPSA) is 38.3 Å². The van der Waals surface area contributed by atoms with Crippen molar-refractivity contribution in [3.8, 4) is 0 Å². The lowest BCUT2D eigenvalue weighted by Gasteiger charge is -2.06. The van der Waals surface area contributed by atoms with Crippen molar-refractivity contribution in [2.45, 2.75) is 6.61 Å². The Bertz CT molecular complexity index is 578. The minimum atomic E-state index is -0.320. The van der Waals surface area contributed by atoms with Gasteiger partial charge in [-0.1, -0.05) is 42.5 Å². The van der Waals surface area contributed by atoms with E-state index >= 15 is 0 Å². The first-order chi connectivity index (χ1) is 9.79. The molecule has 0 spiro atoms. The van der Waals surface area contributed by atoms with Crippen molar-refractivity contribution in [2.24, 2.45) is 0 Å². The molecule has 20 heavy (non-hydrogen) atoms. The first kappa shape index (κ1) is 13.9. The van der Waals surface area contributed by atoms with E-state index in [1.165, 1.54) is 0 Å². The summed E-state index contributed by atoms with van der Waals surface area (Å²) in [5.41, 5.74) is 2.53. The normalized spacial score (nSPS) is 16.6. The predicted octanol–water partition coefficient (Wildman–Crippen LogP) is 3.38. The molecule has 0 radical (unpaired) electrons. The summed E-state index contributed by atoms with van der Waals surface area (Å²) in [6.45, 7) is 0.271. The van der Waals surface area contributed by atoms with Gasteiger partial charge in [-0.15, -0.1) is 0 Å². The Hall–Kier alpha value is -2.55. The Kier molecular flexibility index (Phi) is 4.95. The molecule has 1 aromatic carbocycles. The molecule has 0 saturated heterocycles. The van der Waals surface area contributed by atoms with Crippen molar-refractivity contribution in [3.63, 3.8) is 0 Å². The van der Waals surface area contributed by atoms with Gasteiger partial charge in [0.1, 0.15) is 6.61 Å². The van der Waals surface area contributed by atoms with Crippen molar-refractivity contribution in [2.75, 3.05) is 12.4 Å². The third-order valence-electron chi connectivity index (χ3n) is 2.84. The number of carbonyl (C=O) groups is 1. The molecule has 0 bridgehead atoms. The Morgan fingerprint density at radius 1 is 1.05 bits per heavy atom. The van der Waals surface area contributed by atoms with Crippen LogP contribution in [0.4, 0.5) is 5.69 Å². The van der Waals surface area contributed by atoms with Gasteiger partial charge in [-0.25, -0.2) is 4.79 Å². The van der Waals surface area contributed by atoms with E-state index in [9.17, 15) is 4.79 Å². The quantitative estimate of drug-likeness (QED) is 0.850. The second kappa shape index (κ2) is 7.14. The fourth-order valence-corrected chi connectivity index (χ4v) is 1.70. The van der Waals surface area contributed by atoms with Crippen LogP contribution < -0.4 is 5.32 Å². The molecule has 3 heteroatoms. The SMILES string of the molecule is CNc1ccc(COC(=O)C2=C/C=C\C=C/C=C2)cc1. The summed E-state index contributed by atoms with van der Waals surface area (Å²) in [5.74, 6) is -0.320. The largest absolute Gasteiger partial charge is 0.457 e. The minimum absolute atomic E-state index is 0.271. The second-order valence-corrected chi connectivity index (χ2v) is 4.27. The van der Waals surface area contributed by atoms with Gasteiger partial charge < -0.3 is 10.1 Å². The first-order valence-corrected chi connectivity index (χ1v) is 6.45. The Morgan fingerprint density at radius 2 is 1.75 bits per heavy atom. The maximum Gasteiger partial charge on any atom is 0.338 e. The van der Waals surface area contributed by atoms with Crippen LogP contribution in [-0.2, 0) is 16.1 Å². The average molecular weight is 267 g/mol. The number of ether oxygens (including phenoxy) is 1. The van der Waals surface area contributed by atoms with Crippen LogP contribution in [0, 0.1) is 0 Å². The van der Waals surface area contributed by atoms with Crippen molar-refractivity contribution in [1.29, 1.82) is 0 Å². The summed E-state index contributed by atoms with van der Waals surface area (Å²) in [6, 6.07) is 7.77. The van der Waals surface area contributed by atoms with E-state index < -0.39 is 0 Å². The fourth-order valence-electron chi connectivity index (χ4n) is 1.70. The van der Waals surface area contributed by atoms with Crippen molar-refractivity contribution < 1.29 is 9.53 Å². The number of allylic oxidation sites excluding steroid dienone is 6. The van der Waals surface area contributed by atoms with Gasteiger partial charge >= 0.3 is 5.97 Å². The number of benzene rings is 1. The molecular formula is C17H17NO2. The number of anilines is 1. The molecule has 1 aliphatic rings. The molecule has 0 amide bonds.